The molecule has 0 N–H and O–H groups in total. The van der Waals surface area contributed by atoms with Crippen LogP contribution in [0.1, 0.15) is 26.7 Å². The van der Waals surface area contributed by atoms with E-state index in [1.165, 1.54) is 32.7 Å². The van der Waals surface area contributed by atoms with Gasteiger partial charge in [0.25, 0.3) is 0 Å². The predicted molar refractivity (Wildman–Crippen MR) is 153 cm³/mol. The molecule has 0 aliphatic carbocycles. The lowest BCUT2D eigenvalue weighted by molar-refractivity contribution is 0.324. The van der Waals surface area contributed by atoms with Crippen molar-refractivity contribution in [2.24, 2.45) is 0 Å². The van der Waals surface area contributed by atoms with Crippen molar-refractivity contribution in [2.45, 2.75) is 26.7 Å². The number of hydrogen-bond donors (Lipinski definition) is 0. The molecule has 36 heavy (non-hydrogen) atoms. The van der Waals surface area contributed by atoms with Gasteiger partial charge in [-0.1, -0.05) is 111 Å². The van der Waals surface area contributed by atoms with Crippen molar-refractivity contribution in [3.63, 3.8) is 0 Å². The Balaban J connectivity index is 1.82. The summed E-state index contributed by atoms with van der Waals surface area (Å²) in [5.74, 6) is 1.95. The molecule has 0 radical (unpaired) electrons. The highest BCUT2D eigenvalue weighted by Gasteiger charge is 2.21. The molecule has 0 bridgehead atoms. The van der Waals surface area contributed by atoms with Gasteiger partial charge in [0, 0.05) is 21.5 Å². The number of fused-ring (bicyclic) bond motifs is 4. The number of hydrogen-bond acceptors (Lipinski definition) is 2. The van der Waals surface area contributed by atoms with Gasteiger partial charge in [-0.05, 0) is 45.5 Å². The summed E-state index contributed by atoms with van der Waals surface area (Å²) in [5.41, 5.74) is 2.50. The smallest absolute Gasteiger partial charge is 0.134 e. The Hall–Kier alpha value is -4.04. The maximum atomic E-state index is 6.39. The quantitative estimate of drug-likeness (QED) is 0.216. The van der Waals surface area contributed by atoms with Crippen LogP contribution in [0.5, 0.6) is 11.5 Å². The number of rotatable bonds is 7. The van der Waals surface area contributed by atoms with E-state index in [-0.39, 0.29) is 0 Å². The lowest BCUT2D eigenvalue weighted by atomic mass is 9.85. The Morgan fingerprint density at radius 3 is 0.889 bits per heavy atom. The van der Waals surface area contributed by atoms with E-state index in [4.69, 9.17) is 9.47 Å². The Labute approximate surface area is 212 Å². The monoisotopic (exact) mass is 470 g/mol. The van der Waals surface area contributed by atoms with Crippen LogP contribution in [0.15, 0.2) is 97.1 Å². The molecular formula is C34H30O2. The Bertz CT molecular complexity index is 1470. The van der Waals surface area contributed by atoms with Crippen molar-refractivity contribution >= 4 is 43.1 Å². The van der Waals surface area contributed by atoms with Crippen LogP contribution in [0, 0.1) is 0 Å². The third-order valence-electron chi connectivity index (χ3n) is 6.92. The highest BCUT2D eigenvalue weighted by Crippen LogP contribution is 2.49. The normalized spacial score (nSPS) is 11.5. The zero-order valence-corrected chi connectivity index (χ0v) is 20.9. The highest BCUT2D eigenvalue weighted by atomic mass is 16.5. The van der Waals surface area contributed by atoms with Gasteiger partial charge in [-0.25, -0.2) is 0 Å². The minimum Gasteiger partial charge on any atom is -0.492 e. The first-order chi connectivity index (χ1) is 17.8. The summed E-state index contributed by atoms with van der Waals surface area (Å²) in [6.45, 7) is 5.70. The lowest BCUT2D eigenvalue weighted by Gasteiger charge is -2.21. The van der Waals surface area contributed by atoms with Crippen LogP contribution in [0.2, 0.25) is 0 Å². The highest BCUT2D eigenvalue weighted by molar-refractivity contribution is 6.26. The van der Waals surface area contributed by atoms with Gasteiger partial charge in [-0.3, -0.25) is 0 Å². The molecule has 6 rings (SSSR count). The summed E-state index contributed by atoms with van der Waals surface area (Å²) in [5, 5.41) is 9.44. The molecule has 0 saturated heterocycles. The van der Waals surface area contributed by atoms with Crippen LogP contribution in [-0.2, 0) is 0 Å². The molecule has 0 aliphatic heterocycles. The van der Waals surface area contributed by atoms with Gasteiger partial charge in [-0.2, -0.15) is 0 Å². The van der Waals surface area contributed by atoms with Crippen LogP contribution in [0.4, 0.5) is 0 Å². The van der Waals surface area contributed by atoms with Gasteiger partial charge in [0.1, 0.15) is 11.5 Å². The second-order valence-electron chi connectivity index (χ2n) is 9.29. The van der Waals surface area contributed by atoms with Crippen LogP contribution in [0.25, 0.3) is 54.2 Å². The summed E-state index contributed by atoms with van der Waals surface area (Å²) in [4.78, 5) is 0. The van der Waals surface area contributed by atoms with Crippen molar-refractivity contribution in [1.29, 1.82) is 0 Å². The van der Waals surface area contributed by atoms with E-state index in [0.29, 0.717) is 13.2 Å². The van der Waals surface area contributed by atoms with Crippen LogP contribution < -0.4 is 9.47 Å². The molecule has 0 aromatic heterocycles. The third-order valence-corrected chi connectivity index (χ3v) is 6.92. The minimum atomic E-state index is 0.697. The minimum absolute atomic E-state index is 0.697. The molecule has 2 heteroatoms. The molecule has 2 nitrogen and oxygen atoms in total. The van der Waals surface area contributed by atoms with Gasteiger partial charge in [0.15, 0.2) is 0 Å². The summed E-state index contributed by atoms with van der Waals surface area (Å²) in [7, 11) is 0. The van der Waals surface area contributed by atoms with E-state index in [1.807, 2.05) is 0 Å². The second-order valence-corrected chi connectivity index (χ2v) is 9.29. The van der Waals surface area contributed by atoms with Gasteiger partial charge < -0.3 is 9.47 Å². The molecule has 178 valence electrons. The van der Waals surface area contributed by atoms with Crippen LogP contribution in [0.3, 0.4) is 0 Å². The first-order valence-electron chi connectivity index (χ1n) is 13.0. The van der Waals surface area contributed by atoms with E-state index in [2.05, 4.69) is 111 Å². The molecule has 0 heterocycles. The molecule has 0 spiro atoms. The SMILES string of the molecule is CCCOc1c2ccccc2c(-c2c3ccccc3c(OCCC)c3ccccc23)c2ccccc12. The number of ether oxygens (including phenoxy) is 2. The van der Waals surface area contributed by atoms with Gasteiger partial charge in [0.05, 0.1) is 13.2 Å². The maximum Gasteiger partial charge on any atom is 0.134 e. The molecular weight excluding hydrogens is 440 g/mol. The second kappa shape index (κ2) is 9.54. The largest absolute Gasteiger partial charge is 0.492 e. The fraction of sp³-hybridized carbons (Fsp3) is 0.176. The van der Waals surface area contributed by atoms with Gasteiger partial charge in [0.2, 0.25) is 0 Å². The Kier molecular flexibility index (Phi) is 5.95. The standard InChI is InChI=1S/C34H30O2/c1-3-21-35-33-27-17-9-5-13-23(27)31(24-14-6-10-18-28(24)33)32-25-15-7-11-19-29(25)34(36-22-4-2)30-20-12-8-16-26(30)32/h5-20H,3-4,21-22H2,1-2H3. The zero-order chi connectivity index (χ0) is 24.5. The lowest BCUT2D eigenvalue weighted by Crippen LogP contribution is -2.00. The van der Waals surface area contributed by atoms with Crippen LogP contribution in [-0.4, -0.2) is 13.2 Å². The van der Waals surface area contributed by atoms with Crippen LogP contribution >= 0.6 is 0 Å². The van der Waals surface area contributed by atoms with Crippen molar-refractivity contribution in [3.05, 3.63) is 97.1 Å². The first kappa shape index (κ1) is 22.4. The molecule has 0 aliphatic rings. The zero-order valence-electron chi connectivity index (χ0n) is 20.9. The van der Waals surface area contributed by atoms with E-state index in [9.17, 15) is 0 Å². The van der Waals surface area contributed by atoms with E-state index >= 15 is 0 Å². The molecule has 0 atom stereocenters. The predicted octanol–water partition coefficient (Wildman–Crippen LogP) is 9.54. The molecule has 6 aromatic rings. The van der Waals surface area contributed by atoms with E-state index in [0.717, 1.165) is 45.9 Å². The fourth-order valence-corrected chi connectivity index (χ4v) is 5.43. The van der Waals surface area contributed by atoms with Gasteiger partial charge >= 0.3 is 0 Å². The molecule has 6 aromatic carbocycles. The van der Waals surface area contributed by atoms with Gasteiger partial charge in [-0.15, -0.1) is 0 Å². The van der Waals surface area contributed by atoms with Crippen molar-refractivity contribution in [2.75, 3.05) is 13.2 Å². The third kappa shape index (κ3) is 3.56. The maximum absolute atomic E-state index is 6.39. The molecule has 0 unspecified atom stereocenters. The summed E-state index contributed by atoms with van der Waals surface area (Å²) < 4.78 is 12.8. The molecule has 0 saturated carbocycles. The Morgan fingerprint density at radius 1 is 0.389 bits per heavy atom. The average Bonchev–Trinajstić information content (AvgIpc) is 2.94. The fourth-order valence-electron chi connectivity index (χ4n) is 5.43. The van der Waals surface area contributed by atoms with Crippen molar-refractivity contribution in [3.8, 4) is 22.6 Å². The molecule has 0 fully saturated rings. The van der Waals surface area contributed by atoms with Crippen molar-refractivity contribution < 1.29 is 9.47 Å². The first-order valence-corrected chi connectivity index (χ1v) is 13.0. The average molecular weight is 471 g/mol. The number of benzene rings is 6. The van der Waals surface area contributed by atoms with Crippen molar-refractivity contribution in [1.82, 2.24) is 0 Å². The Morgan fingerprint density at radius 2 is 0.639 bits per heavy atom. The summed E-state index contributed by atoms with van der Waals surface area (Å²) in [6, 6.07) is 34.7. The summed E-state index contributed by atoms with van der Waals surface area (Å²) >= 11 is 0. The topological polar surface area (TPSA) is 18.5 Å². The van der Waals surface area contributed by atoms with E-state index < -0.39 is 0 Å². The molecule has 0 amide bonds. The van der Waals surface area contributed by atoms with E-state index in [1.54, 1.807) is 0 Å². The summed E-state index contributed by atoms with van der Waals surface area (Å²) in [6.07, 6.45) is 1.94.